The third-order valence-corrected chi connectivity index (χ3v) is 4.07. The van der Waals surface area contributed by atoms with Crippen molar-refractivity contribution in [3.63, 3.8) is 0 Å². The van der Waals surface area contributed by atoms with E-state index in [-0.39, 0.29) is 6.04 Å². The van der Waals surface area contributed by atoms with Gasteiger partial charge in [0.25, 0.3) is 0 Å². The van der Waals surface area contributed by atoms with Crippen molar-refractivity contribution in [1.82, 2.24) is 5.32 Å². The Morgan fingerprint density at radius 3 is 2.95 bits per heavy atom. The van der Waals surface area contributed by atoms with Gasteiger partial charge < -0.3 is 15.2 Å². The molecule has 0 bridgehead atoms. The lowest BCUT2D eigenvalue weighted by Crippen LogP contribution is -2.28. The molecule has 0 spiro atoms. The van der Waals surface area contributed by atoms with Crippen LogP contribution in [-0.4, -0.2) is 24.4 Å². The molecule has 2 atom stereocenters. The molecule has 3 nitrogen and oxygen atoms in total. The lowest BCUT2D eigenvalue weighted by atomic mass is 10.0. The SMILES string of the molecule is CC(NCC1CCCO1)c1ccc2ccccc2c1O. The highest BCUT2D eigenvalue weighted by Gasteiger charge is 2.18. The molecule has 3 heteroatoms. The predicted octanol–water partition coefficient (Wildman–Crippen LogP) is 3.38. The van der Waals surface area contributed by atoms with Crippen molar-refractivity contribution in [2.75, 3.05) is 13.2 Å². The van der Waals surface area contributed by atoms with Crippen molar-refractivity contribution in [2.24, 2.45) is 0 Å². The van der Waals surface area contributed by atoms with Crippen LogP contribution in [0, 0.1) is 0 Å². The minimum absolute atomic E-state index is 0.115. The molecule has 1 aliphatic heterocycles. The van der Waals surface area contributed by atoms with Gasteiger partial charge in [-0.1, -0.05) is 36.4 Å². The highest BCUT2D eigenvalue weighted by atomic mass is 16.5. The van der Waals surface area contributed by atoms with Gasteiger partial charge in [-0.05, 0) is 25.2 Å². The molecule has 1 saturated heterocycles. The summed E-state index contributed by atoms with van der Waals surface area (Å²) in [6.45, 7) is 3.80. The van der Waals surface area contributed by atoms with Crippen LogP contribution in [0.4, 0.5) is 0 Å². The fourth-order valence-electron chi connectivity index (χ4n) is 2.84. The van der Waals surface area contributed by atoms with Crippen LogP contribution < -0.4 is 5.32 Å². The maximum absolute atomic E-state index is 10.4. The fraction of sp³-hybridized carbons (Fsp3) is 0.412. The van der Waals surface area contributed by atoms with Crippen molar-refractivity contribution < 1.29 is 9.84 Å². The second-order valence-corrected chi connectivity index (χ2v) is 5.49. The maximum Gasteiger partial charge on any atom is 0.128 e. The highest BCUT2D eigenvalue weighted by molar-refractivity contribution is 5.89. The topological polar surface area (TPSA) is 41.5 Å². The second-order valence-electron chi connectivity index (χ2n) is 5.49. The molecular formula is C17H21NO2. The van der Waals surface area contributed by atoms with E-state index in [2.05, 4.69) is 18.3 Å². The zero-order valence-electron chi connectivity index (χ0n) is 11.8. The van der Waals surface area contributed by atoms with E-state index in [9.17, 15) is 5.11 Å². The molecular weight excluding hydrogens is 250 g/mol. The zero-order chi connectivity index (χ0) is 13.9. The van der Waals surface area contributed by atoms with Crippen molar-refractivity contribution in [3.05, 3.63) is 42.0 Å². The van der Waals surface area contributed by atoms with Gasteiger partial charge in [-0.3, -0.25) is 0 Å². The van der Waals surface area contributed by atoms with E-state index in [0.29, 0.717) is 11.9 Å². The normalized spacial score (nSPS) is 20.4. The second kappa shape index (κ2) is 5.81. The molecule has 0 amide bonds. The Morgan fingerprint density at radius 2 is 2.15 bits per heavy atom. The number of phenolic OH excluding ortho intramolecular Hbond substituents is 1. The lowest BCUT2D eigenvalue weighted by Gasteiger charge is -2.19. The smallest absolute Gasteiger partial charge is 0.128 e. The summed E-state index contributed by atoms with van der Waals surface area (Å²) in [6, 6.07) is 12.1. The first-order valence-corrected chi connectivity index (χ1v) is 7.31. The zero-order valence-corrected chi connectivity index (χ0v) is 11.8. The maximum atomic E-state index is 10.4. The molecule has 1 heterocycles. The average Bonchev–Trinajstić information content (AvgIpc) is 2.99. The van der Waals surface area contributed by atoms with E-state index in [1.54, 1.807) is 0 Å². The Labute approximate surface area is 119 Å². The summed E-state index contributed by atoms with van der Waals surface area (Å²) >= 11 is 0. The van der Waals surface area contributed by atoms with Gasteiger partial charge >= 0.3 is 0 Å². The van der Waals surface area contributed by atoms with E-state index in [1.165, 1.54) is 0 Å². The third kappa shape index (κ3) is 2.65. The Kier molecular flexibility index (Phi) is 3.90. The Hall–Kier alpha value is -1.58. The first kappa shape index (κ1) is 13.4. The monoisotopic (exact) mass is 271 g/mol. The van der Waals surface area contributed by atoms with Crippen LogP contribution in [0.25, 0.3) is 10.8 Å². The number of rotatable bonds is 4. The number of benzene rings is 2. The molecule has 0 aliphatic carbocycles. The van der Waals surface area contributed by atoms with Crippen molar-refractivity contribution in [1.29, 1.82) is 0 Å². The molecule has 0 radical (unpaired) electrons. The Bertz CT molecular complexity index is 591. The van der Waals surface area contributed by atoms with Crippen molar-refractivity contribution >= 4 is 10.8 Å². The molecule has 1 aliphatic rings. The lowest BCUT2D eigenvalue weighted by molar-refractivity contribution is 0.108. The predicted molar refractivity (Wildman–Crippen MR) is 81.0 cm³/mol. The number of nitrogens with one attached hydrogen (secondary N) is 1. The summed E-state index contributed by atoms with van der Waals surface area (Å²) in [7, 11) is 0. The van der Waals surface area contributed by atoms with Gasteiger partial charge in [-0.25, -0.2) is 0 Å². The van der Waals surface area contributed by atoms with E-state index in [0.717, 1.165) is 42.3 Å². The molecule has 2 aromatic rings. The molecule has 20 heavy (non-hydrogen) atoms. The van der Waals surface area contributed by atoms with Gasteiger partial charge in [0.2, 0.25) is 0 Å². The number of ether oxygens (including phenoxy) is 1. The molecule has 0 aromatic heterocycles. The largest absolute Gasteiger partial charge is 0.507 e. The number of fused-ring (bicyclic) bond motifs is 1. The van der Waals surface area contributed by atoms with Crippen LogP contribution in [0.5, 0.6) is 5.75 Å². The summed E-state index contributed by atoms with van der Waals surface area (Å²) in [5.74, 6) is 0.385. The quantitative estimate of drug-likeness (QED) is 0.895. The Morgan fingerprint density at radius 1 is 1.30 bits per heavy atom. The van der Waals surface area contributed by atoms with Crippen LogP contribution in [0.2, 0.25) is 0 Å². The Balaban J connectivity index is 1.76. The third-order valence-electron chi connectivity index (χ3n) is 4.07. The number of hydrogen-bond acceptors (Lipinski definition) is 3. The first-order valence-electron chi connectivity index (χ1n) is 7.31. The van der Waals surface area contributed by atoms with Gasteiger partial charge in [0.05, 0.1) is 6.10 Å². The van der Waals surface area contributed by atoms with Crippen molar-refractivity contribution in [3.8, 4) is 5.75 Å². The number of phenols is 1. The van der Waals surface area contributed by atoms with Crippen LogP contribution in [0.1, 0.15) is 31.4 Å². The van der Waals surface area contributed by atoms with Gasteiger partial charge in [0, 0.05) is 30.1 Å². The highest BCUT2D eigenvalue weighted by Crippen LogP contribution is 2.32. The number of hydrogen-bond donors (Lipinski definition) is 2. The van der Waals surface area contributed by atoms with Gasteiger partial charge in [-0.15, -0.1) is 0 Å². The van der Waals surface area contributed by atoms with Gasteiger partial charge in [0.15, 0.2) is 0 Å². The minimum atomic E-state index is 0.115. The van der Waals surface area contributed by atoms with E-state index < -0.39 is 0 Å². The molecule has 106 valence electrons. The molecule has 2 N–H and O–H groups in total. The number of aromatic hydroxyl groups is 1. The molecule has 2 aromatic carbocycles. The van der Waals surface area contributed by atoms with Crippen LogP contribution in [-0.2, 0) is 4.74 Å². The fourth-order valence-corrected chi connectivity index (χ4v) is 2.84. The standard InChI is InChI=1S/C17H21NO2/c1-12(18-11-14-6-4-10-20-14)15-9-8-13-5-2-3-7-16(13)17(15)19/h2-3,5,7-9,12,14,18-19H,4,6,10-11H2,1H3. The van der Waals surface area contributed by atoms with Crippen LogP contribution in [0.3, 0.4) is 0 Å². The molecule has 1 fully saturated rings. The van der Waals surface area contributed by atoms with E-state index >= 15 is 0 Å². The summed E-state index contributed by atoms with van der Waals surface area (Å²) in [5.41, 5.74) is 0.946. The molecule has 0 saturated carbocycles. The molecule has 2 unspecified atom stereocenters. The van der Waals surface area contributed by atoms with Crippen molar-refractivity contribution in [2.45, 2.75) is 31.9 Å². The van der Waals surface area contributed by atoms with Crippen LogP contribution in [0.15, 0.2) is 36.4 Å². The average molecular weight is 271 g/mol. The summed E-state index contributed by atoms with van der Waals surface area (Å²) in [5, 5.41) is 15.9. The summed E-state index contributed by atoms with van der Waals surface area (Å²) < 4.78 is 5.61. The van der Waals surface area contributed by atoms with E-state index in [4.69, 9.17) is 4.74 Å². The molecule has 3 rings (SSSR count). The van der Waals surface area contributed by atoms with Gasteiger partial charge in [0.1, 0.15) is 5.75 Å². The summed E-state index contributed by atoms with van der Waals surface area (Å²) in [6.07, 6.45) is 2.60. The van der Waals surface area contributed by atoms with E-state index in [1.807, 2.05) is 30.3 Å². The van der Waals surface area contributed by atoms with Crippen LogP contribution >= 0.6 is 0 Å². The minimum Gasteiger partial charge on any atom is -0.507 e. The first-order chi connectivity index (χ1) is 9.75. The summed E-state index contributed by atoms with van der Waals surface area (Å²) in [4.78, 5) is 0. The van der Waals surface area contributed by atoms with Gasteiger partial charge in [-0.2, -0.15) is 0 Å².